The number of carbonyl (C=O) groups excluding carboxylic acids is 2. The summed E-state index contributed by atoms with van der Waals surface area (Å²) in [5, 5.41) is 3.01. The molecular formula is C22H26N2O4. The minimum absolute atomic E-state index is 0.0349. The molecule has 1 N–H and O–H groups in total. The lowest BCUT2D eigenvalue weighted by Crippen LogP contribution is -2.42. The van der Waals surface area contributed by atoms with E-state index in [9.17, 15) is 9.59 Å². The van der Waals surface area contributed by atoms with E-state index in [4.69, 9.17) is 9.47 Å². The Bertz CT molecular complexity index is 881. The second-order valence-electron chi connectivity index (χ2n) is 6.92. The number of nitrogens with one attached hydrogen (secondary N) is 1. The van der Waals surface area contributed by atoms with E-state index < -0.39 is 6.04 Å². The Morgan fingerprint density at radius 1 is 1.18 bits per heavy atom. The van der Waals surface area contributed by atoms with Gasteiger partial charge in [-0.1, -0.05) is 25.1 Å². The lowest BCUT2D eigenvalue weighted by molar-refractivity contribution is -0.126. The fourth-order valence-corrected chi connectivity index (χ4v) is 3.41. The van der Waals surface area contributed by atoms with Crippen molar-refractivity contribution in [1.29, 1.82) is 0 Å². The summed E-state index contributed by atoms with van der Waals surface area (Å²) in [7, 11) is 3.16. The molecule has 3 rings (SSSR count). The molecule has 2 aromatic rings. The number of rotatable bonds is 7. The summed E-state index contributed by atoms with van der Waals surface area (Å²) in [6.45, 7) is 4.23. The predicted octanol–water partition coefficient (Wildman–Crippen LogP) is 3.32. The number of methoxy groups -OCH3 is 2. The molecule has 0 fully saturated rings. The zero-order chi connectivity index (χ0) is 20.3. The van der Waals surface area contributed by atoms with Crippen molar-refractivity contribution in [3.63, 3.8) is 0 Å². The third-order valence-electron chi connectivity index (χ3n) is 5.14. The van der Waals surface area contributed by atoms with Gasteiger partial charge in [-0.25, -0.2) is 0 Å². The van der Waals surface area contributed by atoms with E-state index in [1.807, 2.05) is 44.2 Å². The molecule has 0 spiro atoms. The highest BCUT2D eigenvalue weighted by Gasteiger charge is 2.41. The lowest BCUT2D eigenvalue weighted by Gasteiger charge is -2.26. The van der Waals surface area contributed by atoms with Crippen LogP contribution in [0.2, 0.25) is 0 Å². The highest BCUT2D eigenvalue weighted by atomic mass is 16.5. The monoisotopic (exact) mass is 382 g/mol. The lowest BCUT2D eigenvalue weighted by atomic mass is 10.0. The maximum absolute atomic E-state index is 13.1. The Labute approximate surface area is 165 Å². The summed E-state index contributed by atoms with van der Waals surface area (Å²) in [6, 6.07) is 12.1. The van der Waals surface area contributed by atoms with Gasteiger partial charge in [0, 0.05) is 23.2 Å². The quantitative estimate of drug-likeness (QED) is 0.798. The molecule has 0 aliphatic carbocycles. The van der Waals surface area contributed by atoms with Crippen LogP contribution in [0.25, 0.3) is 0 Å². The van der Waals surface area contributed by atoms with Crippen LogP contribution in [0.15, 0.2) is 42.5 Å². The van der Waals surface area contributed by atoms with Crippen molar-refractivity contribution in [2.24, 2.45) is 0 Å². The molecule has 148 valence electrons. The molecule has 2 aromatic carbocycles. The molecule has 0 radical (unpaired) electrons. The van der Waals surface area contributed by atoms with Crippen molar-refractivity contribution in [3.05, 3.63) is 59.2 Å². The third-order valence-corrected chi connectivity index (χ3v) is 5.14. The maximum Gasteiger partial charge on any atom is 0.255 e. The molecule has 6 nitrogen and oxygen atoms in total. The number of benzene rings is 2. The topological polar surface area (TPSA) is 67.9 Å². The zero-order valence-electron chi connectivity index (χ0n) is 16.7. The summed E-state index contributed by atoms with van der Waals surface area (Å²) in [4.78, 5) is 27.7. The molecule has 0 saturated heterocycles. The Kier molecular flexibility index (Phi) is 5.87. The van der Waals surface area contributed by atoms with Gasteiger partial charge in [-0.05, 0) is 37.1 Å². The average molecular weight is 382 g/mol. The first-order valence-corrected chi connectivity index (χ1v) is 9.41. The van der Waals surface area contributed by atoms with Crippen LogP contribution < -0.4 is 14.8 Å². The van der Waals surface area contributed by atoms with Crippen molar-refractivity contribution in [3.8, 4) is 11.5 Å². The van der Waals surface area contributed by atoms with Crippen LogP contribution >= 0.6 is 0 Å². The molecule has 0 bridgehead atoms. The first-order valence-electron chi connectivity index (χ1n) is 9.41. The van der Waals surface area contributed by atoms with Gasteiger partial charge in [-0.15, -0.1) is 0 Å². The molecule has 2 amide bonds. The third kappa shape index (κ3) is 3.67. The van der Waals surface area contributed by atoms with E-state index in [0.717, 1.165) is 17.5 Å². The minimum atomic E-state index is -0.662. The SMILES string of the molecule is CC[C@H](C)NC(=O)[C@@H]1c2ccccc2C(=O)N1Cc1ccc(OC)cc1OC. The second kappa shape index (κ2) is 8.33. The summed E-state index contributed by atoms with van der Waals surface area (Å²) in [6.07, 6.45) is 0.820. The molecule has 1 aliphatic rings. The zero-order valence-corrected chi connectivity index (χ0v) is 16.7. The Balaban J connectivity index is 1.96. The minimum Gasteiger partial charge on any atom is -0.497 e. The van der Waals surface area contributed by atoms with Gasteiger partial charge in [0.25, 0.3) is 5.91 Å². The van der Waals surface area contributed by atoms with E-state index in [2.05, 4.69) is 5.32 Å². The Morgan fingerprint density at radius 3 is 2.61 bits per heavy atom. The summed E-state index contributed by atoms with van der Waals surface area (Å²) in [5.41, 5.74) is 2.12. The van der Waals surface area contributed by atoms with Crippen molar-refractivity contribution >= 4 is 11.8 Å². The van der Waals surface area contributed by atoms with Crippen molar-refractivity contribution in [2.75, 3.05) is 14.2 Å². The summed E-state index contributed by atoms with van der Waals surface area (Å²) >= 11 is 0. The maximum atomic E-state index is 13.1. The Morgan fingerprint density at radius 2 is 1.93 bits per heavy atom. The largest absolute Gasteiger partial charge is 0.497 e. The number of fused-ring (bicyclic) bond motifs is 1. The van der Waals surface area contributed by atoms with Crippen LogP contribution in [0.4, 0.5) is 0 Å². The number of amides is 2. The van der Waals surface area contributed by atoms with E-state index >= 15 is 0 Å². The number of hydrogen-bond acceptors (Lipinski definition) is 4. The molecule has 1 aliphatic heterocycles. The predicted molar refractivity (Wildman–Crippen MR) is 106 cm³/mol. The highest BCUT2D eigenvalue weighted by molar-refractivity contribution is 6.04. The molecule has 6 heteroatoms. The van der Waals surface area contributed by atoms with E-state index in [0.29, 0.717) is 17.1 Å². The van der Waals surface area contributed by atoms with Gasteiger partial charge < -0.3 is 19.7 Å². The first kappa shape index (κ1) is 19.7. The fraction of sp³-hybridized carbons (Fsp3) is 0.364. The number of nitrogens with zero attached hydrogens (tertiary/aromatic N) is 1. The van der Waals surface area contributed by atoms with Crippen molar-refractivity contribution in [2.45, 2.75) is 38.9 Å². The molecule has 0 aromatic heterocycles. The molecule has 0 saturated carbocycles. The van der Waals surface area contributed by atoms with E-state index in [-0.39, 0.29) is 24.4 Å². The fourth-order valence-electron chi connectivity index (χ4n) is 3.41. The van der Waals surface area contributed by atoms with Gasteiger partial charge >= 0.3 is 0 Å². The van der Waals surface area contributed by atoms with Crippen LogP contribution in [0, 0.1) is 0 Å². The van der Waals surface area contributed by atoms with Crippen LogP contribution in [-0.4, -0.2) is 37.0 Å². The summed E-state index contributed by atoms with van der Waals surface area (Å²) < 4.78 is 10.7. The van der Waals surface area contributed by atoms with Crippen LogP contribution in [0.3, 0.4) is 0 Å². The standard InChI is InChI=1S/C22H26N2O4/c1-5-14(2)23-21(25)20-17-8-6-7-9-18(17)22(26)24(20)13-15-10-11-16(27-3)12-19(15)28-4/h6-12,14,20H,5,13H2,1-4H3,(H,23,25)/t14-,20-/m0/s1. The normalized spacial score (nSPS) is 16.5. The summed E-state index contributed by atoms with van der Waals surface area (Å²) in [5.74, 6) is 0.963. The number of carbonyl (C=O) groups is 2. The van der Waals surface area contributed by atoms with E-state index in [1.54, 1.807) is 31.3 Å². The van der Waals surface area contributed by atoms with Gasteiger partial charge in [0.05, 0.1) is 20.8 Å². The Hall–Kier alpha value is -3.02. The van der Waals surface area contributed by atoms with Crippen LogP contribution in [0.1, 0.15) is 47.8 Å². The van der Waals surface area contributed by atoms with Gasteiger partial charge in [-0.2, -0.15) is 0 Å². The highest BCUT2D eigenvalue weighted by Crippen LogP contribution is 2.37. The van der Waals surface area contributed by atoms with Crippen molar-refractivity contribution < 1.29 is 19.1 Å². The smallest absolute Gasteiger partial charge is 0.255 e. The first-order chi connectivity index (χ1) is 13.5. The van der Waals surface area contributed by atoms with Gasteiger partial charge in [0.2, 0.25) is 5.91 Å². The number of hydrogen-bond donors (Lipinski definition) is 1. The van der Waals surface area contributed by atoms with Gasteiger partial charge in [0.15, 0.2) is 0 Å². The molecule has 0 unspecified atom stereocenters. The molecular weight excluding hydrogens is 356 g/mol. The van der Waals surface area contributed by atoms with Crippen LogP contribution in [0.5, 0.6) is 11.5 Å². The van der Waals surface area contributed by atoms with Gasteiger partial charge in [0.1, 0.15) is 17.5 Å². The van der Waals surface area contributed by atoms with Gasteiger partial charge in [-0.3, -0.25) is 9.59 Å². The van der Waals surface area contributed by atoms with E-state index in [1.165, 1.54) is 0 Å². The number of ether oxygens (including phenoxy) is 2. The molecule has 28 heavy (non-hydrogen) atoms. The molecule has 1 heterocycles. The second-order valence-corrected chi connectivity index (χ2v) is 6.92. The van der Waals surface area contributed by atoms with Crippen molar-refractivity contribution in [1.82, 2.24) is 10.2 Å². The average Bonchev–Trinajstić information content (AvgIpc) is 3.00. The molecule has 2 atom stereocenters. The van der Waals surface area contributed by atoms with Crippen LogP contribution in [-0.2, 0) is 11.3 Å².